The first-order valence-electron chi connectivity index (χ1n) is 8.51. The van der Waals surface area contributed by atoms with Gasteiger partial charge in [0, 0.05) is 13.1 Å². The van der Waals surface area contributed by atoms with E-state index < -0.39 is 27.7 Å². The zero-order valence-corrected chi connectivity index (χ0v) is 16.3. The number of ether oxygens (including phenoxy) is 1. The third-order valence-corrected chi connectivity index (χ3v) is 6.76. The third-order valence-electron chi connectivity index (χ3n) is 4.54. The molecule has 1 aliphatic heterocycles. The first kappa shape index (κ1) is 19.8. The van der Waals surface area contributed by atoms with Crippen molar-refractivity contribution in [3.05, 3.63) is 58.9 Å². The second-order valence-corrected chi connectivity index (χ2v) is 8.83. The molecule has 5 nitrogen and oxygen atoms in total. The molecular weight excluding hydrogens is 393 g/mol. The van der Waals surface area contributed by atoms with Gasteiger partial charge in [-0.2, -0.15) is 4.31 Å². The number of nitrogens with zero attached hydrogens (tertiary/aromatic N) is 1. The smallest absolute Gasteiger partial charge is 0.314 e. The SMILES string of the molecule is Cc1ccc(Cl)c(OC(=O)C2CCN(S(=O)(=O)c3ccc(F)cc3)CC2)c1. The van der Waals surface area contributed by atoms with Crippen molar-refractivity contribution in [3.63, 3.8) is 0 Å². The van der Waals surface area contributed by atoms with Crippen LogP contribution in [-0.4, -0.2) is 31.8 Å². The molecule has 0 saturated carbocycles. The van der Waals surface area contributed by atoms with E-state index in [0.717, 1.165) is 17.7 Å². The molecule has 0 aliphatic carbocycles. The summed E-state index contributed by atoms with van der Waals surface area (Å²) in [5.74, 6) is -1.00. The molecule has 0 amide bonds. The summed E-state index contributed by atoms with van der Waals surface area (Å²) in [6.07, 6.45) is 0.700. The number of aryl methyl sites for hydroxylation is 1. The van der Waals surface area contributed by atoms with Crippen LogP contribution in [0.1, 0.15) is 18.4 Å². The van der Waals surface area contributed by atoms with Gasteiger partial charge in [-0.1, -0.05) is 17.7 Å². The Balaban J connectivity index is 1.63. The van der Waals surface area contributed by atoms with Gasteiger partial charge in [-0.3, -0.25) is 4.79 Å². The van der Waals surface area contributed by atoms with Crippen LogP contribution in [0.15, 0.2) is 47.4 Å². The van der Waals surface area contributed by atoms with Gasteiger partial charge < -0.3 is 4.74 Å². The highest BCUT2D eigenvalue weighted by Gasteiger charge is 2.33. The van der Waals surface area contributed by atoms with E-state index in [2.05, 4.69) is 0 Å². The van der Waals surface area contributed by atoms with Crippen molar-refractivity contribution in [1.29, 1.82) is 0 Å². The minimum atomic E-state index is -3.71. The summed E-state index contributed by atoms with van der Waals surface area (Å²) in [5, 5.41) is 0.352. The number of carbonyl (C=O) groups excluding carboxylic acids is 1. The zero-order chi connectivity index (χ0) is 19.6. The number of piperidine rings is 1. The van der Waals surface area contributed by atoms with E-state index >= 15 is 0 Å². The standard InChI is InChI=1S/C19H19ClFNO4S/c1-13-2-7-17(20)18(12-13)26-19(23)14-8-10-22(11-9-14)27(24,25)16-5-3-15(21)4-6-16/h2-7,12,14H,8-11H2,1H3. The molecule has 8 heteroatoms. The van der Waals surface area contributed by atoms with Gasteiger partial charge in [-0.25, -0.2) is 12.8 Å². The maximum absolute atomic E-state index is 13.0. The van der Waals surface area contributed by atoms with Crippen molar-refractivity contribution in [2.24, 2.45) is 5.92 Å². The molecule has 0 N–H and O–H groups in total. The van der Waals surface area contributed by atoms with Gasteiger partial charge in [0.1, 0.15) is 11.6 Å². The summed E-state index contributed by atoms with van der Waals surface area (Å²) in [5.41, 5.74) is 0.919. The van der Waals surface area contributed by atoms with Crippen LogP contribution in [0, 0.1) is 18.7 Å². The number of halogens is 2. The minimum Gasteiger partial charge on any atom is -0.425 e. The molecular formula is C19H19ClFNO4S. The first-order valence-corrected chi connectivity index (χ1v) is 10.3. The van der Waals surface area contributed by atoms with E-state index in [1.54, 1.807) is 12.1 Å². The van der Waals surface area contributed by atoms with Crippen LogP contribution in [0.25, 0.3) is 0 Å². The summed E-state index contributed by atoms with van der Waals surface area (Å²) < 4.78 is 45.0. The molecule has 0 spiro atoms. The molecule has 27 heavy (non-hydrogen) atoms. The maximum atomic E-state index is 13.0. The van der Waals surface area contributed by atoms with Crippen molar-refractivity contribution in [3.8, 4) is 5.75 Å². The van der Waals surface area contributed by atoms with Gasteiger partial charge >= 0.3 is 5.97 Å². The number of benzene rings is 2. The molecule has 0 bridgehead atoms. The minimum absolute atomic E-state index is 0.0384. The average molecular weight is 412 g/mol. The van der Waals surface area contributed by atoms with Crippen LogP contribution in [0.4, 0.5) is 4.39 Å². The molecule has 0 atom stereocenters. The summed E-state index contributed by atoms with van der Waals surface area (Å²) in [4.78, 5) is 12.4. The van der Waals surface area contributed by atoms with E-state index in [1.165, 1.54) is 16.4 Å². The van der Waals surface area contributed by atoms with Crippen molar-refractivity contribution in [2.45, 2.75) is 24.7 Å². The van der Waals surface area contributed by atoms with Gasteiger partial charge in [0.25, 0.3) is 0 Å². The van der Waals surface area contributed by atoms with E-state index in [4.69, 9.17) is 16.3 Å². The summed E-state index contributed by atoms with van der Waals surface area (Å²) in [6.45, 7) is 2.26. The second kappa shape index (κ2) is 7.96. The Morgan fingerprint density at radius 1 is 1.15 bits per heavy atom. The predicted octanol–water partition coefficient (Wildman–Crippen LogP) is 3.79. The van der Waals surface area contributed by atoms with Gasteiger partial charge in [0.05, 0.1) is 15.8 Å². The quantitative estimate of drug-likeness (QED) is 0.567. The molecule has 3 rings (SSSR count). The molecule has 0 unspecified atom stereocenters. The number of sulfonamides is 1. The monoisotopic (exact) mass is 411 g/mol. The Morgan fingerprint density at radius 3 is 2.41 bits per heavy atom. The van der Waals surface area contributed by atoms with Gasteiger partial charge in [0.15, 0.2) is 0 Å². The van der Waals surface area contributed by atoms with Crippen LogP contribution in [0.5, 0.6) is 5.75 Å². The Bertz CT molecular complexity index is 939. The van der Waals surface area contributed by atoms with Crippen LogP contribution < -0.4 is 4.74 Å². The number of hydrogen-bond donors (Lipinski definition) is 0. The zero-order valence-electron chi connectivity index (χ0n) is 14.7. The number of carbonyl (C=O) groups is 1. The molecule has 1 fully saturated rings. The Morgan fingerprint density at radius 2 is 1.78 bits per heavy atom. The predicted molar refractivity (Wildman–Crippen MR) is 99.7 cm³/mol. The Kier molecular flexibility index (Phi) is 5.83. The first-order chi connectivity index (χ1) is 12.8. The molecule has 144 valence electrons. The van der Waals surface area contributed by atoms with Gasteiger partial charge in [-0.05, 0) is 61.7 Å². The molecule has 2 aromatic carbocycles. The van der Waals surface area contributed by atoms with Crippen molar-refractivity contribution >= 4 is 27.6 Å². The van der Waals surface area contributed by atoms with Crippen molar-refractivity contribution < 1.29 is 22.3 Å². The summed E-state index contributed by atoms with van der Waals surface area (Å²) >= 11 is 6.05. The maximum Gasteiger partial charge on any atom is 0.314 e. The normalized spacial score (nSPS) is 16.3. The molecule has 1 heterocycles. The van der Waals surface area contributed by atoms with E-state index in [1.807, 2.05) is 13.0 Å². The fourth-order valence-electron chi connectivity index (χ4n) is 2.97. The van der Waals surface area contributed by atoms with Crippen LogP contribution in [-0.2, 0) is 14.8 Å². The lowest BCUT2D eigenvalue weighted by molar-refractivity contribution is -0.140. The van der Waals surface area contributed by atoms with E-state index in [9.17, 15) is 17.6 Å². The molecule has 1 saturated heterocycles. The highest BCUT2D eigenvalue weighted by Crippen LogP contribution is 2.29. The highest BCUT2D eigenvalue weighted by atomic mass is 35.5. The number of esters is 1. The number of hydrogen-bond acceptors (Lipinski definition) is 4. The Hall–Kier alpha value is -1.96. The van der Waals surface area contributed by atoms with Crippen molar-refractivity contribution in [1.82, 2.24) is 4.31 Å². The topological polar surface area (TPSA) is 63.7 Å². The summed E-state index contributed by atoms with van der Waals surface area (Å²) in [6, 6.07) is 9.88. The lowest BCUT2D eigenvalue weighted by Crippen LogP contribution is -2.41. The van der Waals surface area contributed by atoms with E-state index in [-0.39, 0.29) is 18.0 Å². The lowest BCUT2D eigenvalue weighted by Gasteiger charge is -2.30. The van der Waals surface area contributed by atoms with Crippen molar-refractivity contribution in [2.75, 3.05) is 13.1 Å². The largest absolute Gasteiger partial charge is 0.425 e. The number of rotatable bonds is 4. The lowest BCUT2D eigenvalue weighted by atomic mass is 9.98. The third kappa shape index (κ3) is 4.48. The average Bonchev–Trinajstić information content (AvgIpc) is 2.65. The molecule has 0 radical (unpaired) electrons. The summed E-state index contributed by atoms with van der Waals surface area (Å²) in [7, 11) is -3.71. The fourth-order valence-corrected chi connectivity index (χ4v) is 4.59. The van der Waals surface area contributed by atoms with Crippen LogP contribution in [0.2, 0.25) is 5.02 Å². The van der Waals surface area contributed by atoms with Gasteiger partial charge in [0.2, 0.25) is 10.0 Å². The fraction of sp³-hybridized carbons (Fsp3) is 0.316. The highest BCUT2D eigenvalue weighted by molar-refractivity contribution is 7.89. The van der Waals surface area contributed by atoms with Crippen LogP contribution in [0.3, 0.4) is 0 Å². The van der Waals surface area contributed by atoms with Gasteiger partial charge in [-0.15, -0.1) is 0 Å². The molecule has 0 aromatic heterocycles. The second-order valence-electron chi connectivity index (χ2n) is 6.49. The Labute approximate surface area is 162 Å². The van der Waals surface area contributed by atoms with E-state index in [0.29, 0.717) is 23.6 Å². The molecule has 2 aromatic rings. The molecule has 1 aliphatic rings. The van der Waals surface area contributed by atoms with Crippen LogP contribution >= 0.6 is 11.6 Å².